The van der Waals surface area contributed by atoms with E-state index < -0.39 is 0 Å². The predicted molar refractivity (Wildman–Crippen MR) is 53.4 cm³/mol. The fourth-order valence-corrected chi connectivity index (χ4v) is 1.37. The highest BCUT2D eigenvalue weighted by Gasteiger charge is 1.93. The van der Waals surface area contributed by atoms with Crippen LogP contribution in [0, 0.1) is 12.3 Å². The maximum atomic E-state index is 5.08. The van der Waals surface area contributed by atoms with Crippen molar-refractivity contribution >= 4 is 28.2 Å². The molecule has 0 aliphatic heterocycles. The highest BCUT2D eigenvalue weighted by molar-refractivity contribution is 8.23. The second-order valence-electron chi connectivity index (χ2n) is 1.97. The van der Waals surface area contributed by atoms with Gasteiger partial charge in [-0.1, -0.05) is 31.5 Å². The zero-order chi connectivity index (χ0) is 7.82. The molecule has 0 aliphatic rings. The first-order valence-corrected chi connectivity index (χ1v) is 4.79. The van der Waals surface area contributed by atoms with Crippen LogP contribution in [0.1, 0.15) is 26.2 Å². The molecule has 0 aromatic carbocycles. The summed E-state index contributed by atoms with van der Waals surface area (Å²) in [5, 5.41) is 0. The SMILES string of the molecule is C#CCSC(=S)CCCC. The van der Waals surface area contributed by atoms with Gasteiger partial charge in [-0.3, -0.25) is 0 Å². The Morgan fingerprint density at radius 1 is 1.70 bits per heavy atom. The quantitative estimate of drug-likeness (QED) is 0.472. The Kier molecular flexibility index (Phi) is 7.11. The maximum absolute atomic E-state index is 5.08. The predicted octanol–water partition coefficient (Wildman–Crippen LogP) is 2.87. The summed E-state index contributed by atoms with van der Waals surface area (Å²) in [6, 6.07) is 0. The van der Waals surface area contributed by atoms with Crippen molar-refractivity contribution in [3.63, 3.8) is 0 Å². The average molecular weight is 172 g/mol. The molecule has 10 heavy (non-hydrogen) atoms. The minimum atomic E-state index is 0.725. The van der Waals surface area contributed by atoms with Crippen LogP contribution in [0.25, 0.3) is 0 Å². The second kappa shape index (κ2) is 7.11. The monoisotopic (exact) mass is 172 g/mol. The van der Waals surface area contributed by atoms with E-state index in [2.05, 4.69) is 12.8 Å². The van der Waals surface area contributed by atoms with Crippen molar-refractivity contribution in [2.24, 2.45) is 0 Å². The fraction of sp³-hybridized carbons (Fsp3) is 0.625. The van der Waals surface area contributed by atoms with Crippen LogP contribution in [-0.2, 0) is 0 Å². The Hall–Kier alpha value is -0.0000000000000000278. The van der Waals surface area contributed by atoms with E-state index >= 15 is 0 Å². The molecule has 2 heteroatoms. The number of hydrogen-bond acceptors (Lipinski definition) is 2. The minimum absolute atomic E-state index is 0.725. The number of unbranched alkanes of at least 4 members (excludes halogenated alkanes) is 1. The molecule has 0 heterocycles. The Balaban J connectivity index is 3.19. The Morgan fingerprint density at radius 3 is 2.90 bits per heavy atom. The van der Waals surface area contributed by atoms with Gasteiger partial charge >= 0.3 is 0 Å². The summed E-state index contributed by atoms with van der Waals surface area (Å²) in [5.41, 5.74) is 0. The van der Waals surface area contributed by atoms with Crippen LogP contribution in [0.15, 0.2) is 0 Å². The molecule has 0 aliphatic carbocycles. The molecule has 0 unspecified atom stereocenters. The van der Waals surface area contributed by atoms with E-state index in [9.17, 15) is 0 Å². The van der Waals surface area contributed by atoms with E-state index in [0.717, 1.165) is 16.4 Å². The van der Waals surface area contributed by atoms with Crippen LogP contribution in [0.4, 0.5) is 0 Å². The van der Waals surface area contributed by atoms with Gasteiger partial charge < -0.3 is 0 Å². The zero-order valence-corrected chi connectivity index (χ0v) is 7.86. The number of hydrogen-bond donors (Lipinski definition) is 0. The van der Waals surface area contributed by atoms with Crippen molar-refractivity contribution in [1.29, 1.82) is 0 Å². The zero-order valence-electron chi connectivity index (χ0n) is 6.22. The van der Waals surface area contributed by atoms with E-state index in [0.29, 0.717) is 0 Å². The summed E-state index contributed by atoms with van der Waals surface area (Å²) in [4.78, 5) is 0. The summed E-state index contributed by atoms with van der Waals surface area (Å²) in [5.74, 6) is 3.28. The second-order valence-corrected chi connectivity index (χ2v) is 3.79. The molecule has 0 aromatic rings. The molecule has 0 nitrogen and oxygen atoms in total. The van der Waals surface area contributed by atoms with Crippen LogP contribution in [0.5, 0.6) is 0 Å². The molecule has 0 bridgehead atoms. The summed E-state index contributed by atoms with van der Waals surface area (Å²) < 4.78 is 1.06. The van der Waals surface area contributed by atoms with Crippen molar-refractivity contribution < 1.29 is 0 Å². The van der Waals surface area contributed by atoms with Crippen molar-refractivity contribution in [1.82, 2.24) is 0 Å². The normalized spacial score (nSPS) is 8.80. The number of terminal acetylenes is 1. The topological polar surface area (TPSA) is 0 Å². The Morgan fingerprint density at radius 2 is 2.40 bits per heavy atom. The first kappa shape index (κ1) is 10.0. The third-order valence-electron chi connectivity index (χ3n) is 1.05. The molecule has 0 rings (SSSR count). The van der Waals surface area contributed by atoms with Gasteiger partial charge in [0.05, 0.1) is 5.75 Å². The van der Waals surface area contributed by atoms with E-state index in [1.54, 1.807) is 11.8 Å². The van der Waals surface area contributed by atoms with Gasteiger partial charge in [-0.25, -0.2) is 0 Å². The lowest BCUT2D eigenvalue weighted by Crippen LogP contribution is -1.88. The van der Waals surface area contributed by atoms with Gasteiger partial charge in [0.1, 0.15) is 0 Å². The first-order chi connectivity index (χ1) is 4.81. The van der Waals surface area contributed by atoms with Crippen LogP contribution >= 0.6 is 24.0 Å². The number of thioether (sulfide) groups is 1. The molecule has 0 radical (unpaired) electrons. The molecule has 0 atom stereocenters. The van der Waals surface area contributed by atoms with Crippen LogP contribution < -0.4 is 0 Å². The number of thiocarbonyl (C=S) groups is 1. The minimum Gasteiger partial charge on any atom is -0.119 e. The van der Waals surface area contributed by atoms with E-state index in [1.165, 1.54) is 12.8 Å². The van der Waals surface area contributed by atoms with E-state index in [1.807, 2.05) is 0 Å². The molecular formula is C8H12S2. The van der Waals surface area contributed by atoms with Crippen molar-refractivity contribution in [2.75, 3.05) is 5.75 Å². The Labute approximate surface area is 72.8 Å². The molecule has 0 saturated heterocycles. The van der Waals surface area contributed by atoms with Gasteiger partial charge in [0.25, 0.3) is 0 Å². The summed E-state index contributed by atoms with van der Waals surface area (Å²) >= 11 is 6.66. The van der Waals surface area contributed by atoms with Crippen molar-refractivity contribution in [2.45, 2.75) is 26.2 Å². The third kappa shape index (κ3) is 6.12. The van der Waals surface area contributed by atoms with Crippen molar-refractivity contribution in [3.8, 4) is 12.3 Å². The maximum Gasteiger partial charge on any atom is 0.0597 e. The molecule has 0 saturated carbocycles. The third-order valence-corrected chi connectivity index (χ3v) is 2.45. The molecular weight excluding hydrogens is 160 g/mol. The van der Waals surface area contributed by atoms with E-state index in [4.69, 9.17) is 18.6 Å². The lowest BCUT2D eigenvalue weighted by molar-refractivity contribution is 0.845. The molecule has 56 valence electrons. The first-order valence-electron chi connectivity index (χ1n) is 3.40. The van der Waals surface area contributed by atoms with Gasteiger partial charge in [-0.2, -0.15) is 0 Å². The number of rotatable bonds is 4. The largest absolute Gasteiger partial charge is 0.119 e. The molecule has 0 amide bonds. The fourth-order valence-electron chi connectivity index (χ4n) is 0.515. The summed E-state index contributed by atoms with van der Waals surface area (Å²) in [7, 11) is 0. The van der Waals surface area contributed by atoms with Crippen LogP contribution in [0.2, 0.25) is 0 Å². The van der Waals surface area contributed by atoms with Gasteiger partial charge in [0.2, 0.25) is 0 Å². The lowest BCUT2D eigenvalue weighted by atomic mass is 10.3. The van der Waals surface area contributed by atoms with Gasteiger partial charge in [-0.15, -0.1) is 18.2 Å². The van der Waals surface area contributed by atoms with Crippen LogP contribution in [0.3, 0.4) is 0 Å². The van der Waals surface area contributed by atoms with Crippen molar-refractivity contribution in [3.05, 3.63) is 0 Å². The lowest BCUT2D eigenvalue weighted by Gasteiger charge is -1.97. The molecule has 0 aromatic heterocycles. The summed E-state index contributed by atoms with van der Waals surface area (Å²) in [6.07, 6.45) is 8.51. The molecule has 0 N–H and O–H groups in total. The Bertz CT molecular complexity index is 133. The van der Waals surface area contributed by atoms with Gasteiger partial charge in [0.15, 0.2) is 0 Å². The summed E-state index contributed by atoms with van der Waals surface area (Å²) in [6.45, 7) is 2.16. The average Bonchev–Trinajstić information content (AvgIpc) is 1.97. The van der Waals surface area contributed by atoms with Gasteiger partial charge in [0, 0.05) is 4.20 Å². The highest BCUT2D eigenvalue weighted by atomic mass is 32.2. The standard InChI is InChI=1S/C8H12S2/c1-3-5-6-8(9)10-7-4-2/h2H,3,5-7H2,1H3. The highest BCUT2D eigenvalue weighted by Crippen LogP contribution is 2.09. The van der Waals surface area contributed by atoms with E-state index in [-0.39, 0.29) is 0 Å². The molecule has 0 fully saturated rings. The molecule has 0 spiro atoms. The smallest absolute Gasteiger partial charge is 0.0597 e. The van der Waals surface area contributed by atoms with Gasteiger partial charge in [-0.05, 0) is 12.8 Å². The van der Waals surface area contributed by atoms with Crippen LogP contribution in [-0.4, -0.2) is 9.95 Å².